The van der Waals surface area contributed by atoms with Gasteiger partial charge in [0.1, 0.15) is 0 Å². The molecule has 7 heteroatoms. The molecule has 0 spiro atoms. The van der Waals surface area contributed by atoms with E-state index in [1.165, 1.54) is 11.1 Å². The predicted molar refractivity (Wildman–Crippen MR) is 173 cm³/mol. The van der Waals surface area contributed by atoms with Gasteiger partial charge in [-0.1, -0.05) is 107 Å². The van der Waals surface area contributed by atoms with Crippen LogP contribution in [0, 0.1) is 0 Å². The Bertz CT molecular complexity index is 1040. The van der Waals surface area contributed by atoms with Crippen LogP contribution in [-0.4, -0.2) is 56.3 Å². The molecular weight excluding hydrogens is 579 g/mol. The van der Waals surface area contributed by atoms with E-state index in [0.717, 1.165) is 49.6 Å². The number of rotatable bonds is 7. The summed E-state index contributed by atoms with van der Waals surface area (Å²) in [6.45, 7) is 28.5. The zero-order valence-corrected chi connectivity index (χ0v) is 31.3. The molecule has 2 rings (SSSR count). The van der Waals surface area contributed by atoms with Crippen LogP contribution in [0.15, 0.2) is 24.3 Å². The number of likely N-dealkylation sites (N-methyl/N-ethyl adjacent to an activating group) is 1. The summed E-state index contributed by atoms with van der Waals surface area (Å²) in [7, 11) is 5.87. The molecule has 0 aliphatic heterocycles. The molecule has 0 fully saturated rings. The van der Waals surface area contributed by atoms with Gasteiger partial charge >= 0.3 is 17.1 Å². The van der Waals surface area contributed by atoms with Gasteiger partial charge in [-0.25, -0.2) is 0 Å². The smallest absolute Gasteiger partial charge is 0.872 e. The molecule has 0 bridgehead atoms. The summed E-state index contributed by atoms with van der Waals surface area (Å²) in [5.41, 5.74) is 5.09. The fraction of sp³-hybridized carbons (Fsp3) is 0.667. The van der Waals surface area contributed by atoms with Crippen molar-refractivity contribution in [2.45, 2.75) is 118 Å². The van der Waals surface area contributed by atoms with Crippen LogP contribution >= 0.6 is 0 Å². The van der Waals surface area contributed by atoms with Crippen molar-refractivity contribution < 1.29 is 37.5 Å². The van der Waals surface area contributed by atoms with Crippen LogP contribution in [0.5, 0.6) is 11.5 Å². The number of hydrogen-bond acceptors (Lipinski definition) is 6. The van der Waals surface area contributed by atoms with Crippen LogP contribution in [-0.2, 0) is 51.8 Å². The van der Waals surface area contributed by atoms with E-state index in [-0.39, 0.29) is 50.2 Å². The van der Waals surface area contributed by atoms with Crippen LogP contribution < -0.4 is 15.3 Å². The van der Waals surface area contributed by atoms with E-state index in [4.69, 9.17) is 10.2 Å². The molecule has 0 aromatic heterocycles. The standard InChI is InChI=1S/C34H56N2O2.CH4O.CH3O.Mn/c1-31(2,3)25-17-23(29(37)27(19-25)33(7,8)9)21-36(16-15-35(13)14)22-24-18-26(32(4,5)6)20-28(30(24)38)34(10,11)12;2*1-2;/h17-20,37-38H,15-16,21-22H2,1-14H3;2H,1H3;1H3;/q;;-1;+3/p-2. The zero-order valence-electron chi connectivity index (χ0n) is 30.1. The number of hydrogen-bond donors (Lipinski definition) is 1. The number of benzene rings is 2. The minimum absolute atomic E-state index is 0. The van der Waals surface area contributed by atoms with Crippen molar-refractivity contribution in [3.05, 3.63) is 57.6 Å². The molecule has 1 N–H and O–H groups in total. The van der Waals surface area contributed by atoms with Crippen LogP contribution in [0.2, 0.25) is 0 Å². The second-order valence-electron chi connectivity index (χ2n) is 15.5. The molecule has 0 aliphatic carbocycles. The molecule has 0 heterocycles. The molecule has 0 amide bonds. The Morgan fingerprint density at radius 1 is 0.558 bits per heavy atom. The Labute approximate surface area is 275 Å². The Morgan fingerprint density at radius 3 is 1.09 bits per heavy atom. The van der Waals surface area contributed by atoms with Gasteiger partial charge in [0.2, 0.25) is 0 Å². The molecule has 0 saturated heterocycles. The maximum absolute atomic E-state index is 13.8. The zero-order chi connectivity index (χ0) is 33.4. The summed E-state index contributed by atoms with van der Waals surface area (Å²) in [5.74, 6) is 0.253. The number of aliphatic hydroxyl groups excluding tert-OH is 1. The van der Waals surface area contributed by atoms with Gasteiger partial charge < -0.3 is 25.3 Å². The molecule has 6 nitrogen and oxygen atoms in total. The van der Waals surface area contributed by atoms with Crippen molar-refractivity contribution in [3.63, 3.8) is 0 Å². The first-order valence-electron chi connectivity index (χ1n) is 14.9. The third-order valence-corrected chi connectivity index (χ3v) is 7.33. The van der Waals surface area contributed by atoms with Crippen molar-refractivity contribution >= 4 is 0 Å². The van der Waals surface area contributed by atoms with Gasteiger partial charge in [-0.05, 0) is 69.1 Å². The summed E-state index contributed by atoms with van der Waals surface area (Å²) in [4.78, 5) is 4.44. The Hall–Kier alpha value is -1.60. The first-order valence-corrected chi connectivity index (χ1v) is 14.9. The van der Waals surface area contributed by atoms with E-state index >= 15 is 0 Å². The maximum Gasteiger partial charge on any atom is 3.00 e. The molecule has 0 atom stereocenters. The second kappa shape index (κ2) is 17.2. The molecule has 2 aromatic carbocycles. The van der Waals surface area contributed by atoms with Crippen molar-refractivity contribution in [3.8, 4) is 11.5 Å². The van der Waals surface area contributed by atoms with E-state index in [1.54, 1.807) is 0 Å². The molecule has 0 radical (unpaired) electrons. The quantitative estimate of drug-likeness (QED) is 0.420. The van der Waals surface area contributed by atoms with Crippen molar-refractivity contribution in [2.24, 2.45) is 0 Å². The topological polar surface area (TPSA) is 95.9 Å². The minimum Gasteiger partial charge on any atom is -0.872 e. The van der Waals surface area contributed by atoms with Crippen LogP contribution in [0.4, 0.5) is 0 Å². The molecule has 0 unspecified atom stereocenters. The molecule has 0 saturated carbocycles. The minimum atomic E-state index is -0.244. The summed E-state index contributed by atoms with van der Waals surface area (Å²) in [5, 5.41) is 42.8. The monoisotopic (exact) mass is 640 g/mol. The summed E-state index contributed by atoms with van der Waals surface area (Å²) >= 11 is 0. The van der Waals surface area contributed by atoms with Gasteiger partial charge in [0.25, 0.3) is 0 Å². The maximum atomic E-state index is 13.8. The molecule has 246 valence electrons. The summed E-state index contributed by atoms with van der Waals surface area (Å²) in [6, 6.07) is 8.41. The van der Waals surface area contributed by atoms with E-state index in [0.29, 0.717) is 13.1 Å². The largest absolute Gasteiger partial charge is 3.00 e. The number of nitrogens with zero attached hydrogens (tertiary/aromatic N) is 2. The average molecular weight is 641 g/mol. The molecule has 43 heavy (non-hydrogen) atoms. The van der Waals surface area contributed by atoms with Crippen LogP contribution in [0.1, 0.15) is 116 Å². The summed E-state index contributed by atoms with van der Waals surface area (Å²) < 4.78 is 0. The van der Waals surface area contributed by atoms with Gasteiger partial charge in [-0.3, -0.25) is 4.90 Å². The Kier molecular flexibility index (Phi) is 17.4. The van der Waals surface area contributed by atoms with E-state index in [2.05, 4.69) is 131 Å². The van der Waals surface area contributed by atoms with Gasteiger partial charge in [0.15, 0.2) is 0 Å². The fourth-order valence-corrected chi connectivity index (χ4v) is 4.63. The van der Waals surface area contributed by atoms with E-state index < -0.39 is 0 Å². The first-order chi connectivity index (χ1) is 19.0. The van der Waals surface area contributed by atoms with E-state index in [9.17, 15) is 10.2 Å². The van der Waals surface area contributed by atoms with Gasteiger partial charge in [0, 0.05) is 33.3 Å². The van der Waals surface area contributed by atoms with E-state index in [1.807, 2.05) is 0 Å². The average Bonchev–Trinajstić information content (AvgIpc) is 2.84. The first kappa shape index (κ1) is 43.5. The van der Waals surface area contributed by atoms with Gasteiger partial charge in [-0.2, -0.15) is 7.11 Å². The normalized spacial score (nSPS) is 12.3. The van der Waals surface area contributed by atoms with Crippen LogP contribution in [0.25, 0.3) is 0 Å². The van der Waals surface area contributed by atoms with Crippen molar-refractivity contribution in [1.82, 2.24) is 9.80 Å². The SMILES string of the molecule is CN(C)CCN(Cc1cc(C(C)(C)C)cc(C(C)(C)C)c1[O-])Cc1cc(C(C)(C)C)cc(C(C)(C)C)c1[O-].CO.C[O-].[Mn+3]. The van der Waals surface area contributed by atoms with Crippen LogP contribution in [0.3, 0.4) is 0 Å². The van der Waals surface area contributed by atoms with Crippen molar-refractivity contribution in [2.75, 3.05) is 41.4 Å². The second-order valence-corrected chi connectivity index (χ2v) is 15.5. The Morgan fingerprint density at radius 2 is 0.860 bits per heavy atom. The third kappa shape index (κ3) is 13.1. The molecular formula is C36H61MnN2O4. The van der Waals surface area contributed by atoms with Gasteiger partial charge in [0.05, 0.1) is 0 Å². The predicted octanol–water partition coefficient (Wildman–Crippen LogP) is 5.17. The molecule has 2 aromatic rings. The van der Waals surface area contributed by atoms with Crippen molar-refractivity contribution in [1.29, 1.82) is 0 Å². The number of aliphatic hydroxyl groups is 1. The summed E-state index contributed by atoms with van der Waals surface area (Å²) in [6.07, 6.45) is 0. The Balaban J connectivity index is 0. The third-order valence-electron chi connectivity index (χ3n) is 7.33. The van der Waals surface area contributed by atoms with Gasteiger partial charge in [-0.15, -0.1) is 11.5 Å². The fourth-order valence-electron chi connectivity index (χ4n) is 4.63. The molecule has 0 aliphatic rings.